The Morgan fingerprint density at radius 1 is 1.43 bits per heavy atom. The zero-order valence-electron chi connectivity index (χ0n) is 10.9. The summed E-state index contributed by atoms with van der Waals surface area (Å²) in [7, 11) is -3.90. The van der Waals surface area contributed by atoms with Crippen LogP contribution in [0.25, 0.3) is 0 Å². The fourth-order valence-corrected chi connectivity index (χ4v) is 2.80. The fraction of sp³-hybridized carbons (Fsp3) is 0.250. The van der Waals surface area contributed by atoms with E-state index in [0.29, 0.717) is 12.3 Å². The molecular formula is C12H11FN2O5S. The van der Waals surface area contributed by atoms with E-state index in [9.17, 15) is 17.6 Å². The normalized spacial score (nSPS) is 11.5. The van der Waals surface area contributed by atoms with Crippen molar-refractivity contribution in [2.75, 3.05) is 0 Å². The molecule has 2 rings (SSSR count). The SMILES string of the molecule is CCc1nc(CS(=O)(=O)c2ccc(F)c(C(=O)O)c2)no1. The number of carboxylic acid groups (broad SMARTS) is 1. The molecule has 0 amide bonds. The van der Waals surface area contributed by atoms with Crippen molar-refractivity contribution in [3.8, 4) is 0 Å². The van der Waals surface area contributed by atoms with Crippen LogP contribution in [0.15, 0.2) is 27.6 Å². The third-order valence-electron chi connectivity index (χ3n) is 2.66. The van der Waals surface area contributed by atoms with Crippen LogP contribution >= 0.6 is 0 Å². The second-order valence-electron chi connectivity index (χ2n) is 4.16. The van der Waals surface area contributed by atoms with Gasteiger partial charge in [-0.2, -0.15) is 4.98 Å². The molecule has 0 bridgehead atoms. The molecule has 0 saturated heterocycles. The molecule has 1 N–H and O–H groups in total. The molecule has 21 heavy (non-hydrogen) atoms. The highest BCUT2D eigenvalue weighted by Crippen LogP contribution is 2.19. The summed E-state index contributed by atoms with van der Waals surface area (Å²) < 4.78 is 42.4. The summed E-state index contributed by atoms with van der Waals surface area (Å²) in [6.45, 7) is 1.77. The first-order valence-corrected chi connectivity index (χ1v) is 7.55. The summed E-state index contributed by atoms with van der Waals surface area (Å²) >= 11 is 0. The number of halogens is 1. The maximum atomic E-state index is 13.3. The number of nitrogens with zero attached hydrogens (tertiary/aromatic N) is 2. The molecule has 1 aromatic heterocycles. The van der Waals surface area contributed by atoms with Crippen LogP contribution in [-0.2, 0) is 22.0 Å². The molecule has 1 heterocycles. The Bertz CT molecular complexity index is 785. The van der Waals surface area contributed by atoms with Crippen LogP contribution in [0.1, 0.15) is 29.0 Å². The van der Waals surface area contributed by atoms with Crippen molar-refractivity contribution in [2.24, 2.45) is 0 Å². The molecule has 1 aromatic carbocycles. The first-order valence-electron chi connectivity index (χ1n) is 5.90. The zero-order valence-corrected chi connectivity index (χ0v) is 11.7. The molecule has 0 aliphatic carbocycles. The molecule has 0 atom stereocenters. The summed E-state index contributed by atoms with van der Waals surface area (Å²) in [5.41, 5.74) is -0.710. The number of hydrogen-bond donors (Lipinski definition) is 1. The molecule has 0 saturated carbocycles. The summed E-state index contributed by atoms with van der Waals surface area (Å²) in [5, 5.41) is 12.3. The third kappa shape index (κ3) is 3.24. The van der Waals surface area contributed by atoms with E-state index < -0.39 is 32.9 Å². The maximum absolute atomic E-state index is 13.3. The van der Waals surface area contributed by atoms with Crippen LogP contribution in [0.4, 0.5) is 4.39 Å². The van der Waals surface area contributed by atoms with Gasteiger partial charge in [-0.05, 0) is 18.2 Å². The van der Waals surface area contributed by atoms with Crippen molar-refractivity contribution in [3.63, 3.8) is 0 Å². The second kappa shape index (κ2) is 5.60. The maximum Gasteiger partial charge on any atom is 0.338 e. The average Bonchev–Trinajstić information content (AvgIpc) is 2.85. The predicted molar refractivity (Wildman–Crippen MR) is 67.9 cm³/mol. The number of hydrogen-bond acceptors (Lipinski definition) is 6. The molecule has 112 valence electrons. The van der Waals surface area contributed by atoms with Gasteiger partial charge in [0.1, 0.15) is 11.6 Å². The number of aryl methyl sites for hydroxylation is 1. The molecule has 2 aromatic rings. The first kappa shape index (κ1) is 15.1. The minimum absolute atomic E-state index is 0.0342. The van der Waals surface area contributed by atoms with Gasteiger partial charge in [0.2, 0.25) is 5.89 Å². The Balaban J connectivity index is 2.35. The minimum atomic E-state index is -3.90. The van der Waals surface area contributed by atoms with Crippen molar-refractivity contribution in [1.29, 1.82) is 0 Å². The van der Waals surface area contributed by atoms with E-state index in [2.05, 4.69) is 10.1 Å². The lowest BCUT2D eigenvalue weighted by atomic mass is 10.2. The van der Waals surface area contributed by atoms with E-state index in [-0.39, 0.29) is 10.7 Å². The van der Waals surface area contributed by atoms with Crippen molar-refractivity contribution in [3.05, 3.63) is 41.3 Å². The molecular weight excluding hydrogens is 303 g/mol. The highest BCUT2D eigenvalue weighted by molar-refractivity contribution is 7.90. The van der Waals surface area contributed by atoms with E-state index in [1.165, 1.54) is 0 Å². The Morgan fingerprint density at radius 3 is 2.71 bits per heavy atom. The molecule has 0 spiro atoms. The second-order valence-corrected chi connectivity index (χ2v) is 6.15. The molecule has 0 aliphatic rings. The van der Waals surface area contributed by atoms with E-state index in [0.717, 1.165) is 18.2 Å². The fourth-order valence-electron chi connectivity index (χ4n) is 1.61. The Labute approximate surface area is 119 Å². The molecule has 0 aliphatic heterocycles. The largest absolute Gasteiger partial charge is 0.478 e. The number of aromatic carboxylic acids is 1. The van der Waals surface area contributed by atoms with Gasteiger partial charge in [-0.1, -0.05) is 12.1 Å². The standard InChI is InChI=1S/C12H11FN2O5S/c1-2-11-14-10(15-20-11)6-21(18,19)7-3-4-9(13)8(5-7)12(16)17/h3-5H,2,6H2,1H3,(H,16,17). The van der Waals surface area contributed by atoms with Crippen molar-refractivity contribution in [1.82, 2.24) is 10.1 Å². The van der Waals surface area contributed by atoms with Gasteiger partial charge < -0.3 is 9.63 Å². The van der Waals surface area contributed by atoms with Crippen LogP contribution in [0.3, 0.4) is 0 Å². The van der Waals surface area contributed by atoms with Crippen LogP contribution < -0.4 is 0 Å². The monoisotopic (exact) mass is 314 g/mol. The van der Waals surface area contributed by atoms with E-state index in [1.807, 2.05) is 0 Å². The Morgan fingerprint density at radius 2 is 2.14 bits per heavy atom. The number of rotatable bonds is 5. The molecule has 9 heteroatoms. The molecule has 0 unspecified atom stereocenters. The third-order valence-corrected chi connectivity index (χ3v) is 4.27. The summed E-state index contributed by atoms with van der Waals surface area (Å²) in [5.74, 6) is -2.84. The van der Waals surface area contributed by atoms with Crippen molar-refractivity contribution >= 4 is 15.8 Å². The number of sulfone groups is 1. The first-order chi connectivity index (χ1) is 9.83. The van der Waals surface area contributed by atoms with Crippen LogP contribution in [0, 0.1) is 5.82 Å². The summed E-state index contributed by atoms with van der Waals surface area (Å²) in [6, 6.07) is 2.57. The van der Waals surface area contributed by atoms with Gasteiger partial charge in [-0.25, -0.2) is 17.6 Å². The lowest BCUT2D eigenvalue weighted by molar-refractivity contribution is 0.0691. The lowest BCUT2D eigenvalue weighted by Gasteiger charge is -2.04. The Kier molecular flexibility index (Phi) is 4.03. The average molecular weight is 314 g/mol. The number of benzene rings is 1. The summed E-state index contributed by atoms with van der Waals surface area (Å²) in [4.78, 5) is 14.4. The van der Waals surface area contributed by atoms with Gasteiger partial charge in [0.15, 0.2) is 15.7 Å². The highest BCUT2D eigenvalue weighted by Gasteiger charge is 2.22. The van der Waals surface area contributed by atoms with E-state index in [1.54, 1.807) is 6.92 Å². The number of aromatic nitrogens is 2. The predicted octanol–water partition coefficient (Wildman–Crippen LogP) is 1.44. The molecule has 0 radical (unpaired) electrons. The zero-order chi connectivity index (χ0) is 15.6. The highest BCUT2D eigenvalue weighted by atomic mass is 32.2. The number of carboxylic acids is 1. The quantitative estimate of drug-likeness (QED) is 0.831. The van der Waals surface area contributed by atoms with Gasteiger partial charge in [0, 0.05) is 6.42 Å². The minimum Gasteiger partial charge on any atom is -0.478 e. The van der Waals surface area contributed by atoms with Crippen molar-refractivity contribution < 1.29 is 27.2 Å². The summed E-state index contributed by atoms with van der Waals surface area (Å²) in [6.07, 6.45) is 0.465. The van der Waals surface area contributed by atoms with E-state index >= 15 is 0 Å². The smallest absolute Gasteiger partial charge is 0.338 e. The van der Waals surface area contributed by atoms with Gasteiger partial charge in [0.25, 0.3) is 0 Å². The number of carbonyl (C=O) groups is 1. The van der Waals surface area contributed by atoms with Gasteiger partial charge in [-0.15, -0.1) is 0 Å². The lowest BCUT2D eigenvalue weighted by Crippen LogP contribution is -2.09. The van der Waals surface area contributed by atoms with Crippen LogP contribution in [0.2, 0.25) is 0 Å². The Hall–Kier alpha value is -2.29. The van der Waals surface area contributed by atoms with Gasteiger partial charge >= 0.3 is 5.97 Å². The van der Waals surface area contributed by atoms with Crippen LogP contribution in [-0.4, -0.2) is 29.6 Å². The van der Waals surface area contributed by atoms with Gasteiger partial charge in [0.05, 0.1) is 10.5 Å². The topological polar surface area (TPSA) is 110 Å². The molecule has 0 fully saturated rings. The van der Waals surface area contributed by atoms with Crippen LogP contribution in [0.5, 0.6) is 0 Å². The van der Waals surface area contributed by atoms with E-state index in [4.69, 9.17) is 9.63 Å². The van der Waals surface area contributed by atoms with Crippen molar-refractivity contribution in [2.45, 2.75) is 24.0 Å². The van der Waals surface area contributed by atoms with Gasteiger partial charge in [-0.3, -0.25) is 0 Å². The molecule has 7 nitrogen and oxygen atoms in total.